The van der Waals surface area contributed by atoms with Crippen LogP contribution in [-0.2, 0) is 4.74 Å². The van der Waals surface area contributed by atoms with Crippen LogP contribution in [0.5, 0.6) is 0 Å². The first-order chi connectivity index (χ1) is 9.99. The minimum absolute atomic E-state index is 0.0789. The minimum atomic E-state index is -0.231. The summed E-state index contributed by atoms with van der Waals surface area (Å²) in [5, 5.41) is 0. The van der Waals surface area contributed by atoms with Crippen molar-refractivity contribution in [3.63, 3.8) is 0 Å². The summed E-state index contributed by atoms with van der Waals surface area (Å²) in [6.07, 6.45) is 3.86. The number of likely N-dealkylation sites (tertiary alicyclic amines) is 1. The number of hydrogen-bond donors (Lipinski definition) is 0. The molecular weight excluding hydrogens is 262 g/mol. The maximum Gasteiger partial charge on any atom is 0.338 e. The van der Waals surface area contributed by atoms with Crippen LogP contribution >= 0.6 is 0 Å². The number of carbonyl (C=O) groups excluding carboxylic acids is 1. The van der Waals surface area contributed by atoms with Crippen molar-refractivity contribution in [2.45, 2.75) is 59.1 Å². The fraction of sp³-hybridized carbons (Fsp3) is 0.611. The summed E-state index contributed by atoms with van der Waals surface area (Å²) < 4.78 is 5.26. The molecule has 0 radical (unpaired) electrons. The Labute approximate surface area is 128 Å². The number of aryl methyl sites for hydroxylation is 1. The molecule has 3 heteroatoms. The van der Waals surface area contributed by atoms with Crippen molar-refractivity contribution in [2.24, 2.45) is 0 Å². The van der Waals surface area contributed by atoms with Crippen LogP contribution in [-0.4, -0.2) is 30.1 Å². The van der Waals surface area contributed by atoms with Crippen molar-refractivity contribution in [1.29, 1.82) is 0 Å². The van der Waals surface area contributed by atoms with Crippen molar-refractivity contribution in [2.75, 3.05) is 13.1 Å². The standard InChI is InChI=1S/C18H27NO2/c1-13(2)21-18(20)16-8-9-17(14(3)12-16)15(4)19-10-6-5-7-11-19/h8-9,12-13,15H,5-7,10-11H2,1-4H3. The third kappa shape index (κ3) is 4.07. The maximum atomic E-state index is 12.0. The molecule has 1 fully saturated rings. The van der Waals surface area contributed by atoms with Crippen molar-refractivity contribution >= 4 is 5.97 Å². The Morgan fingerprint density at radius 3 is 2.38 bits per heavy atom. The Kier molecular flexibility index (Phi) is 5.40. The maximum absolute atomic E-state index is 12.0. The molecule has 116 valence electrons. The molecule has 1 aromatic rings. The third-order valence-corrected chi connectivity index (χ3v) is 4.24. The van der Waals surface area contributed by atoms with Gasteiger partial charge in [-0.1, -0.05) is 12.5 Å². The van der Waals surface area contributed by atoms with Gasteiger partial charge in [0.15, 0.2) is 0 Å². The van der Waals surface area contributed by atoms with E-state index in [0.717, 1.165) is 0 Å². The van der Waals surface area contributed by atoms with Gasteiger partial charge >= 0.3 is 5.97 Å². The molecule has 0 aliphatic carbocycles. The highest BCUT2D eigenvalue weighted by Crippen LogP contribution is 2.27. The van der Waals surface area contributed by atoms with Crippen molar-refractivity contribution < 1.29 is 9.53 Å². The van der Waals surface area contributed by atoms with Gasteiger partial charge in [-0.05, 0) is 76.9 Å². The molecule has 3 nitrogen and oxygen atoms in total. The van der Waals surface area contributed by atoms with Gasteiger partial charge in [0, 0.05) is 6.04 Å². The number of nitrogens with zero attached hydrogens (tertiary/aromatic N) is 1. The zero-order chi connectivity index (χ0) is 15.4. The molecule has 0 amide bonds. The molecule has 1 aliphatic heterocycles. The van der Waals surface area contributed by atoms with E-state index in [1.807, 2.05) is 26.0 Å². The zero-order valence-corrected chi connectivity index (χ0v) is 13.7. The molecule has 21 heavy (non-hydrogen) atoms. The average Bonchev–Trinajstić information content (AvgIpc) is 2.46. The van der Waals surface area contributed by atoms with Crippen molar-refractivity contribution in [1.82, 2.24) is 4.90 Å². The molecule has 0 spiro atoms. The summed E-state index contributed by atoms with van der Waals surface area (Å²) in [7, 11) is 0. The minimum Gasteiger partial charge on any atom is -0.459 e. The molecule has 0 saturated carbocycles. The number of piperidine rings is 1. The average molecular weight is 289 g/mol. The molecule has 1 heterocycles. The predicted molar refractivity (Wildman–Crippen MR) is 85.6 cm³/mol. The second-order valence-corrected chi connectivity index (χ2v) is 6.30. The van der Waals surface area contributed by atoms with E-state index in [-0.39, 0.29) is 12.1 Å². The largest absolute Gasteiger partial charge is 0.459 e. The van der Waals surface area contributed by atoms with Crippen LogP contribution in [0.2, 0.25) is 0 Å². The molecule has 0 bridgehead atoms. The van der Waals surface area contributed by atoms with Gasteiger partial charge < -0.3 is 4.74 Å². The lowest BCUT2D eigenvalue weighted by molar-refractivity contribution is 0.0377. The zero-order valence-electron chi connectivity index (χ0n) is 13.7. The van der Waals surface area contributed by atoms with Gasteiger partial charge in [-0.3, -0.25) is 4.90 Å². The first-order valence-electron chi connectivity index (χ1n) is 8.04. The lowest BCUT2D eigenvalue weighted by Crippen LogP contribution is -2.32. The van der Waals surface area contributed by atoms with Crippen molar-refractivity contribution in [3.05, 3.63) is 34.9 Å². The fourth-order valence-electron chi connectivity index (χ4n) is 3.06. The molecule has 1 atom stereocenters. The lowest BCUT2D eigenvalue weighted by Gasteiger charge is -2.33. The highest BCUT2D eigenvalue weighted by atomic mass is 16.5. The Morgan fingerprint density at radius 2 is 1.81 bits per heavy atom. The topological polar surface area (TPSA) is 29.5 Å². The Bertz CT molecular complexity index is 490. The fourth-order valence-corrected chi connectivity index (χ4v) is 3.06. The van der Waals surface area contributed by atoms with E-state index < -0.39 is 0 Å². The van der Waals surface area contributed by atoms with Gasteiger partial charge in [-0.15, -0.1) is 0 Å². The number of rotatable bonds is 4. The summed E-state index contributed by atoms with van der Waals surface area (Å²) in [5.41, 5.74) is 3.14. The molecular formula is C18H27NO2. The smallest absolute Gasteiger partial charge is 0.338 e. The van der Waals surface area contributed by atoms with Crippen LogP contribution in [0.1, 0.15) is 67.6 Å². The molecule has 1 saturated heterocycles. The molecule has 2 rings (SSSR count). The number of ether oxygens (including phenoxy) is 1. The summed E-state index contributed by atoms with van der Waals surface area (Å²) in [6.45, 7) is 10.5. The quantitative estimate of drug-likeness (QED) is 0.781. The van der Waals surface area contributed by atoms with E-state index in [2.05, 4.69) is 24.8 Å². The highest BCUT2D eigenvalue weighted by molar-refractivity contribution is 5.89. The third-order valence-electron chi connectivity index (χ3n) is 4.24. The number of carbonyl (C=O) groups is 1. The van der Waals surface area contributed by atoms with Crippen LogP contribution in [0, 0.1) is 6.92 Å². The van der Waals surface area contributed by atoms with Crippen LogP contribution in [0.15, 0.2) is 18.2 Å². The molecule has 1 aliphatic rings. The van der Waals surface area contributed by atoms with E-state index in [4.69, 9.17) is 4.74 Å². The number of benzene rings is 1. The molecule has 1 unspecified atom stereocenters. The van der Waals surface area contributed by atoms with Gasteiger partial charge in [0.05, 0.1) is 11.7 Å². The number of hydrogen-bond acceptors (Lipinski definition) is 3. The van der Waals surface area contributed by atoms with Gasteiger partial charge in [-0.2, -0.15) is 0 Å². The monoisotopic (exact) mass is 289 g/mol. The van der Waals surface area contributed by atoms with Crippen LogP contribution in [0.4, 0.5) is 0 Å². The molecule has 1 aromatic carbocycles. The van der Waals surface area contributed by atoms with Crippen LogP contribution in [0.25, 0.3) is 0 Å². The first kappa shape index (κ1) is 16.0. The SMILES string of the molecule is Cc1cc(C(=O)OC(C)C)ccc1C(C)N1CCCCC1. The summed E-state index contributed by atoms with van der Waals surface area (Å²) in [6, 6.07) is 6.36. The summed E-state index contributed by atoms with van der Waals surface area (Å²) in [5.74, 6) is -0.231. The number of esters is 1. The predicted octanol–water partition coefficient (Wildman–Crippen LogP) is 4.11. The lowest BCUT2D eigenvalue weighted by atomic mass is 9.97. The Balaban J connectivity index is 2.13. The second kappa shape index (κ2) is 7.08. The first-order valence-corrected chi connectivity index (χ1v) is 8.04. The Morgan fingerprint density at radius 1 is 1.14 bits per heavy atom. The highest BCUT2D eigenvalue weighted by Gasteiger charge is 2.20. The van der Waals surface area contributed by atoms with Gasteiger partial charge in [0.25, 0.3) is 0 Å². The summed E-state index contributed by atoms with van der Waals surface area (Å²) in [4.78, 5) is 14.5. The normalized spacial score (nSPS) is 17.8. The molecule has 0 aromatic heterocycles. The van der Waals surface area contributed by atoms with Gasteiger partial charge in [-0.25, -0.2) is 4.79 Å². The van der Waals surface area contributed by atoms with E-state index in [9.17, 15) is 4.79 Å². The second-order valence-electron chi connectivity index (χ2n) is 6.30. The molecule has 0 N–H and O–H groups in total. The van der Waals surface area contributed by atoms with Gasteiger partial charge in [0.2, 0.25) is 0 Å². The van der Waals surface area contributed by atoms with Crippen LogP contribution < -0.4 is 0 Å². The van der Waals surface area contributed by atoms with E-state index in [0.29, 0.717) is 11.6 Å². The van der Waals surface area contributed by atoms with Crippen molar-refractivity contribution in [3.8, 4) is 0 Å². The summed E-state index contributed by atoms with van der Waals surface area (Å²) >= 11 is 0. The van der Waals surface area contributed by atoms with E-state index in [1.54, 1.807) is 0 Å². The van der Waals surface area contributed by atoms with E-state index in [1.165, 1.54) is 43.5 Å². The van der Waals surface area contributed by atoms with Crippen LogP contribution in [0.3, 0.4) is 0 Å². The van der Waals surface area contributed by atoms with Gasteiger partial charge in [0.1, 0.15) is 0 Å². The van der Waals surface area contributed by atoms with E-state index >= 15 is 0 Å². The Hall–Kier alpha value is -1.35.